The number of nitrogens with one attached hydrogen (secondary N) is 1. The van der Waals surface area contributed by atoms with E-state index in [2.05, 4.69) is 32.4 Å². The molecule has 0 fully saturated rings. The lowest BCUT2D eigenvalue weighted by molar-refractivity contribution is 1.48. The smallest absolute Gasteiger partial charge is 0.0453 e. The van der Waals surface area contributed by atoms with Gasteiger partial charge in [-0.05, 0) is 17.5 Å². The van der Waals surface area contributed by atoms with E-state index in [-0.39, 0.29) is 0 Å². The second kappa shape index (κ2) is 4.15. The van der Waals surface area contributed by atoms with Gasteiger partial charge in [-0.1, -0.05) is 24.9 Å². The van der Waals surface area contributed by atoms with Gasteiger partial charge in [0, 0.05) is 11.7 Å². The van der Waals surface area contributed by atoms with Crippen LogP contribution in [0.2, 0.25) is 0 Å². The summed E-state index contributed by atoms with van der Waals surface area (Å²) in [5, 5.41) is 1.28. The van der Waals surface area contributed by atoms with E-state index in [0.29, 0.717) is 0 Å². The number of fused-ring (bicyclic) bond motifs is 1. The molecule has 2 aromatic rings. The van der Waals surface area contributed by atoms with Crippen LogP contribution in [-0.2, 0) is 0 Å². The first-order valence-corrected chi connectivity index (χ1v) is 4.72. The molecule has 2 heteroatoms. The number of para-hydroxylation sites is 1. The van der Waals surface area contributed by atoms with Gasteiger partial charge in [0.2, 0.25) is 0 Å². The van der Waals surface area contributed by atoms with Crippen LogP contribution in [0.15, 0.2) is 36.5 Å². The van der Waals surface area contributed by atoms with Crippen LogP contribution < -0.4 is 0 Å². The predicted octanol–water partition coefficient (Wildman–Crippen LogP) is 2.66. The van der Waals surface area contributed by atoms with Crippen molar-refractivity contribution >= 4 is 20.1 Å². The predicted molar refractivity (Wildman–Crippen MR) is 53.9 cm³/mol. The molecule has 0 spiro atoms. The summed E-state index contributed by atoms with van der Waals surface area (Å²) in [6.07, 6.45) is 1.95. The summed E-state index contributed by atoms with van der Waals surface area (Å²) in [6, 6.07) is 10.3. The summed E-state index contributed by atoms with van der Waals surface area (Å²) >= 11 is 0. The van der Waals surface area contributed by atoms with E-state index in [1.807, 2.05) is 25.0 Å². The molecule has 1 heterocycles. The molecule has 58 valence electrons. The summed E-state index contributed by atoms with van der Waals surface area (Å²) in [7, 11) is 2.42. The molecule has 1 aromatic carbocycles. The highest BCUT2D eigenvalue weighted by molar-refractivity contribution is 7.15. The number of rotatable bonds is 0. The van der Waals surface area contributed by atoms with Crippen molar-refractivity contribution in [3.63, 3.8) is 0 Å². The van der Waals surface area contributed by atoms with Crippen LogP contribution in [0.3, 0.4) is 0 Å². The number of aromatic nitrogens is 1. The molecular weight excluding hydrogens is 153 g/mol. The van der Waals surface area contributed by atoms with Crippen LogP contribution in [0, 0.1) is 0 Å². The van der Waals surface area contributed by atoms with Gasteiger partial charge < -0.3 is 4.98 Å². The number of aromatic amines is 1. The fraction of sp³-hybridized carbons (Fsp3) is 0.111. The Hall–Kier alpha value is -0.810. The van der Waals surface area contributed by atoms with Gasteiger partial charge in [0.25, 0.3) is 0 Å². The first kappa shape index (κ1) is 8.29. The Morgan fingerprint density at radius 3 is 2.55 bits per heavy atom. The number of hydrogen-bond acceptors (Lipinski definition) is 0. The van der Waals surface area contributed by atoms with Crippen LogP contribution in [0.25, 0.3) is 10.9 Å². The number of H-pyrrole nitrogens is 1. The van der Waals surface area contributed by atoms with Crippen molar-refractivity contribution in [2.24, 2.45) is 0 Å². The second-order valence-corrected chi connectivity index (χ2v) is 2.06. The lowest BCUT2D eigenvalue weighted by Gasteiger charge is -1.83. The van der Waals surface area contributed by atoms with Gasteiger partial charge >= 0.3 is 0 Å². The third-order valence-corrected chi connectivity index (χ3v) is 1.46. The van der Waals surface area contributed by atoms with E-state index >= 15 is 0 Å². The van der Waals surface area contributed by atoms with Gasteiger partial charge in [-0.25, -0.2) is 0 Å². The zero-order valence-corrected chi connectivity index (χ0v) is 7.70. The molecule has 0 saturated carbocycles. The Balaban J connectivity index is 0.000000281. The second-order valence-electron chi connectivity index (χ2n) is 2.06. The van der Waals surface area contributed by atoms with Gasteiger partial charge in [-0.3, -0.25) is 0 Å². The summed E-state index contributed by atoms with van der Waals surface area (Å²) in [5.41, 5.74) is 1.21. The molecule has 0 bridgehead atoms. The van der Waals surface area contributed by atoms with Crippen molar-refractivity contribution in [1.82, 2.24) is 4.98 Å². The van der Waals surface area contributed by atoms with E-state index in [1.54, 1.807) is 0 Å². The van der Waals surface area contributed by atoms with Crippen molar-refractivity contribution in [1.29, 1.82) is 0 Å². The highest BCUT2D eigenvalue weighted by Gasteiger charge is 1.86. The van der Waals surface area contributed by atoms with Crippen molar-refractivity contribution in [2.45, 2.75) is 0 Å². The van der Waals surface area contributed by atoms with Crippen LogP contribution >= 0.6 is 9.24 Å². The fourth-order valence-corrected chi connectivity index (χ4v) is 0.995. The third kappa shape index (κ3) is 1.81. The fourth-order valence-electron chi connectivity index (χ4n) is 0.995. The first-order valence-electron chi connectivity index (χ1n) is 3.57. The van der Waals surface area contributed by atoms with Crippen molar-refractivity contribution in [3.8, 4) is 0 Å². The summed E-state index contributed by atoms with van der Waals surface area (Å²) in [5.74, 6) is 0. The Morgan fingerprint density at radius 1 is 1.09 bits per heavy atom. The largest absolute Gasteiger partial charge is 0.361 e. The highest BCUT2D eigenvalue weighted by Crippen LogP contribution is 2.09. The van der Waals surface area contributed by atoms with Crippen molar-refractivity contribution in [3.05, 3.63) is 36.5 Å². The third-order valence-electron chi connectivity index (χ3n) is 1.46. The zero-order chi connectivity index (χ0) is 8.10. The molecule has 2 rings (SSSR count). The average molecular weight is 165 g/mol. The van der Waals surface area contributed by atoms with Crippen LogP contribution in [-0.4, -0.2) is 11.6 Å². The summed E-state index contributed by atoms with van der Waals surface area (Å²) in [4.78, 5) is 3.12. The Bertz CT molecular complexity index is 284. The molecule has 11 heavy (non-hydrogen) atoms. The van der Waals surface area contributed by atoms with E-state index in [0.717, 1.165) is 0 Å². The lowest BCUT2D eigenvalue weighted by atomic mass is 10.3. The molecule has 1 nitrogen and oxygen atoms in total. The van der Waals surface area contributed by atoms with Crippen LogP contribution in [0.1, 0.15) is 0 Å². The van der Waals surface area contributed by atoms with Crippen molar-refractivity contribution in [2.75, 3.05) is 6.66 Å². The average Bonchev–Trinajstić information content (AvgIpc) is 2.55. The van der Waals surface area contributed by atoms with Crippen molar-refractivity contribution < 1.29 is 0 Å². The van der Waals surface area contributed by atoms with Gasteiger partial charge in [-0.2, -0.15) is 0 Å². The normalized spacial score (nSPS) is 8.91. The monoisotopic (exact) mass is 165 g/mol. The zero-order valence-electron chi connectivity index (χ0n) is 6.54. The molecular formula is C9H12NP. The maximum atomic E-state index is 3.12. The van der Waals surface area contributed by atoms with E-state index < -0.39 is 0 Å². The van der Waals surface area contributed by atoms with Gasteiger partial charge in [0.05, 0.1) is 0 Å². The SMILES string of the molecule is CP.c1ccc2[nH]ccc2c1. The van der Waals surface area contributed by atoms with E-state index in [1.165, 1.54) is 10.9 Å². The molecule has 1 unspecified atom stereocenters. The number of hydrogen-bond donors (Lipinski definition) is 1. The van der Waals surface area contributed by atoms with E-state index in [4.69, 9.17) is 0 Å². The first-order chi connectivity index (χ1) is 5.47. The lowest BCUT2D eigenvalue weighted by Crippen LogP contribution is -1.61. The minimum absolute atomic E-state index is 1.21. The summed E-state index contributed by atoms with van der Waals surface area (Å²) < 4.78 is 0. The molecule has 0 aliphatic rings. The highest BCUT2D eigenvalue weighted by atomic mass is 31.0. The number of benzene rings is 1. The molecule has 0 aliphatic heterocycles. The van der Waals surface area contributed by atoms with Gasteiger partial charge in [0.15, 0.2) is 0 Å². The Kier molecular flexibility index (Phi) is 3.13. The molecule has 0 radical (unpaired) electrons. The maximum Gasteiger partial charge on any atom is 0.0453 e. The van der Waals surface area contributed by atoms with Crippen LogP contribution in [0.4, 0.5) is 0 Å². The minimum Gasteiger partial charge on any atom is -0.361 e. The Morgan fingerprint density at radius 2 is 1.82 bits per heavy atom. The van der Waals surface area contributed by atoms with E-state index in [9.17, 15) is 0 Å². The molecule has 0 aliphatic carbocycles. The standard InChI is InChI=1S/C8H7N.CH5P/c1-2-4-8-7(3-1)5-6-9-8;1-2/h1-6,9H;2H2,1H3. The molecule has 0 amide bonds. The molecule has 0 saturated heterocycles. The quantitative estimate of drug-likeness (QED) is 0.577. The van der Waals surface area contributed by atoms with Crippen LogP contribution in [0.5, 0.6) is 0 Å². The topological polar surface area (TPSA) is 15.8 Å². The Labute approximate surface area is 69.0 Å². The minimum atomic E-state index is 1.21. The van der Waals surface area contributed by atoms with Gasteiger partial charge in [0.1, 0.15) is 0 Å². The van der Waals surface area contributed by atoms with Gasteiger partial charge in [-0.15, -0.1) is 9.24 Å². The molecule has 1 atom stereocenters. The summed E-state index contributed by atoms with van der Waals surface area (Å²) in [6.45, 7) is 1.92. The maximum absolute atomic E-state index is 3.12. The molecule has 1 aromatic heterocycles. The molecule has 1 N–H and O–H groups in total.